The van der Waals surface area contributed by atoms with Crippen molar-refractivity contribution in [2.24, 2.45) is 4.99 Å². The Bertz CT molecular complexity index is 877. The minimum atomic E-state index is -3.14. The molecule has 0 saturated heterocycles. The summed E-state index contributed by atoms with van der Waals surface area (Å²) in [6.45, 7) is 8.30. The minimum Gasteiger partial charge on any atom is -0.358 e. The maximum atomic E-state index is 12.1. The number of aromatic amines is 1. The highest BCUT2D eigenvalue weighted by molar-refractivity contribution is 7.92. The Morgan fingerprint density at radius 3 is 2.46 bits per heavy atom. The van der Waals surface area contributed by atoms with E-state index in [2.05, 4.69) is 39.7 Å². The van der Waals surface area contributed by atoms with E-state index >= 15 is 0 Å². The number of guanidine groups is 1. The van der Waals surface area contributed by atoms with Crippen LogP contribution in [-0.2, 0) is 16.3 Å². The number of hydrogen-bond donors (Lipinski definition) is 3. The second-order valence-electron chi connectivity index (χ2n) is 7.38. The molecular formula is C19H30N4O2S. The molecule has 0 unspecified atom stereocenters. The van der Waals surface area contributed by atoms with Gasteiger partial charge >= 0.3 is 0 Å². The third kappa shape index (κ3) is 4.78. The molecule has 26 heavy (non-hydrogen) atoms. The summed E-state index contributed by atoms with van der Waals surface area (Å²) in [5.41, 5.74) is 3.61. The van der Waals surface area contributed by atoms with Gasteiger partial charge in [0.2, 0.25) is 0 Å². The van der Waals surface area contributed by atoms with E-state index in [1.165, 1.54) is 16.6 Å². The number of H-pyrrole nitrogens is 1. The summed E-state index contributed by atoms with van der Waals surface area (Å²) in [7, 11) is -1.45. The Balaban J connectivity index is 1.87. The first-order valence-electron chi connectivity index (χ1n) is 8.88. The third-order valence-corrected chi connectivity index (χ3v) is 7.12. The second kappa shape index (κ2) is 8.12. The molecule has 0 fully saturated rings. The molecule has 144 valence electrons. The van der Waals surface area contributed by atoms with E-state index in [1.54, 1.807) is 27.8 Å². The van der Waals surface area contributed by atoms with Gasteiger partial charge in [-0.1, -0.05) is 18.2 Å². The summed E-state index contributed by atoms with van der Waals surface area (Å²) in [5, 5.41) is 7.58. The van der Waals surface area contributed by atoms with E-state index in [4.69, 9.17) is 0 Å². The van der Waals surface area contributed by atoms with Gasteiger partial charge in [0.05, 0.1) is 10.5 Å². The van der Waals surface area contributed by atoms with Crippen molar-refractivity contribution in [1.29, 1.82) is 0 Å². The molecule has 0 amide bonds. The number of para-hydroxylation sites is 1. The maximum absolute atomic E-state index is 12.1. The molecule has 0 aliphatic carbocycles. The Hall–Kier alpha value is -2.02. The summed E-state index contributed by atoms with van der Waals surface area (Å²) in [4.78, 5) is 7.57. The highest BCUT2D eigenvalue weighted by atomic mass is 32.2. The average Bonchev–Trinajstić information content (AvgIpc) is 2.88. The number of hydrogen-bond acceptors (Lipinski definition) is 3. The fraction of sp³-hybridized carbons (Fsp3) is 0.526. The molecule has 1 aromatic heterocycles. The molecule has 2 rings (SSSR count). The van der Waals surface area contributed by atoms with Gasteiger partial charge in [0.15, 0.2) is 15.8 Å². The predicted octanol–water partition coefficient (Wildman–Crippen LogP) is 2.40. The van der Waals surface area contributed by atoms with E-state index in [0.717, 1.165) is 11.9 Å². The van der Waals surface area contributed by atoms with Gasteiger partial charge in [0.25, 0.3) is 0 Å². The van der Waals surface area contributed by atoms with E-state index in [1.807, 2.05) is 12.1 Å². The van der Waals surface area contributed by atoms with Crippen LogP contribution in [0.25, 0.3) is 10.9 Å². The van der Waals surface area contributed by atoms with Crippen molar-refractivity contribution in [1.82, 2.24) is 15.6 Å². The first-order valence-corrected chi connectivity index (χ1v) is 10.5. The lowest BCUT2D eigenvalue weighted by atomic mass is 10.1. The van der Waals surface area contributed by atoms with Gasteiger partial charge in [-0.3, -0.25) is 4.99 Å². The van der Waals surface area contributed by atoms with Crippen LogP contribution in [0.5, 0.6) is 0 Å². The van der Waals surface area contributed by atoms with Crippen LogP contribution in [0.15, 0.2) is 29.3 Å². The average molecular weight is 379 g/mol. The monoisotopic (exact) mass is 378 g/mol. The van der Waals surface area contributed by atoms with Gasteiger partial charge in [-0.05, 0) is 45.7 Å². The number of aliphatic imine (C=N–C) groups is 1. The molecule has 6 nitrogen and oxygen atoms in total. The van der Waals surface area contributed by atoms with Gasteiger partial charge in [-0.15, -0.1) is 0 Å². The molecule has 0 aliphatic rings. The molecule has 0 spiro atoms. The van der Waals surface area contributed by atoms with Gasteiger partial charge in [-0.25, -0.2) is 8.42 Å². The molecule has 0 saturated carbocycles. The van der Waals surface area contributed by atoms with Gasteiger partial charge < -0.3 is 15.6 Å². The number of aryl methyl sites for hydroxylation is 1. The molecule has 0 bridgehead atoms. The van der Waals surface area contributed by atoms with E-state index in [0.29, 0.717) is 19.0 Å². The van der Waals surface area contributed by atoms with Gasteiger partial charge in [0.1, 0.15) is 0 Å². The van der Waals surface area contributed by atoms with Gasteiger partial charge in [-0.2, -0.15) is 0 Å². The van der Waals surface area contributed by atoms with Crippen molar-refractivity contribution >= 4 is 26.7 Å². The summed E-state index contributed by atoms with van der Waals surface area (Å²) in [6, 6.07) is 8.27. The normalized spacial score (nSPS) is 13.2. The zero-order chi connectivity index (χ0) is 19.4. The van der Waals surface area contributed by atoms with Crippen molar-refractivity contribution in [2.45, 2.75) is 38.9 Å². The number of rotatable bonds is 6. The Labute approximate surface area is 156 Å². The van der Waals surface area contributed by atoms with E-state index < -0.39 is 14.6 Å². The zero-order valence-corrected chi connectivity index (χ0v) is 17.1. The number of benzene rings is 1. The van der Waals surface area contributed by atoms with Gasteiger partial charge in [0, 0.05) is 36.7 Å². The first-order chi connectivity index (χ1) is 12.2. The van der Waals surface area contributed by atoms with Crippen molar-refractivity contribution < 1.29 is 8.42 Å². The number of nitrogens with one attached hydrogen (secondary N) is 3. The maximum Gasteiger partial charge on any atom is 0.191 e. The molecule has 7 heteroatoms. The van der Waals surface area contributed by atoms with Crippen molar-refractivity contribution in [3.05, 3.63) is 35.5 Å². The van der Waals surface area contributed by atoms with Crippen molar-refractivity contribution in [3.63, 3.8) is 0 Å². The Kier molecular flexibility index (Phi) is 6.34. The quantitative estimate of drug-likeness (QED) is 0.532. The third-order valence-electron chi connectivity index (χ3n) is 4.51. The van der Waals surface area contributed by atoms with Crippen LogP contribution < -0.4 is 10.6 Å². The molecule has 3 N–H and O–H groups in total. The predicted molar refractivity (Wildman–Crippen MR) is 110 cm³/mol. The van der Waals surface area contributed by atoms with Crippen LogP contribution in [0.4, 0.5) is 0 Å². The smallest absolute Gasteiger partial charge is 0.191 e. The lowest BCUT2D eigenvalue weighted by Crippen LogP contribution is -2.42. The number of nitrogens with zero attached hydrogens (tertiary/aromatic N) is 1. The van der Waals surface area contributed by atoms with E-state index in [-0.39, 0.29) is 5.75 Å². The van der Waals surface area contributed by atoms with Crippen molar-refractivity contribution in [3.8, 4) is 0 Å². The lowest BCUT2D eigenvalue weighted by molar-refractivity contribution is 0.559. The summed E-state index contributed by atoms with van der Waals surface area (Å²) in [5.74, 6) is 0.699. The minimum absolute atomic E-state index is 0.0821. The number of aromatic nitrogens is 1. The van der Waals surface area contributed by atoms with Crippen molar-refractivity contribution in [2.75, 3.05) is 25.9 Å². The molecule has 0 atom stereocenters. The SMILES string of the molecule is CN=C(NCCc1c(C)[nH]c2ccccc12)NCCS(=O)(=O)C(C)(C)C. The molecule has 1 heterocycles. The molecule has 0 aliphatic heterocycles. The van der Waals surface area contributed by atoms with Crippen LogP contribution in [0.2, 0.25) is 0 Å². The van der Waals surface area contributed by atoms with Crippen LogP contribution in [0, 0.1) is 6.92 Å². The fourth-order valence-corrected chi connectivity index (χ4v) is 3.78. The zero-order valence-electron chi connectivity index (χ0n) is 16.3. The molecular weight excluding hydrogens is 348 g/mol. The summed E-state index contributed by atoms with van der Waals surface area (Å²) < 4.78 is 23.6. The largest absolute Gasteiger partial charge is 0.358 e. The number of fused-ring (bicyclic) bond motifs is 1. The topological polar surface area (TPSA) is 86.3 Å². The Morgan fingerprint density at radius 2 is 1.81 bits per heavy atom. The second-order valence-corrected chi connectivity index (χ2v) is 10.2. The van der Waals surface area contributed by atoms with Crippen LogP contribution >= 0.6 is 0 Å². The standard InChI is InChI=1S/C19H30N4O2S/c1-14-15(16-8-6-7-9-17(16)23-14)10-11-21-18(20-5)22-12-13-26(24,25)19(2,3)4/h6-9,23H,10-13H2,1-5H3,(H2,20,21,22). The van der Waals surface area contributed by atoms with E-state index in [9.17, 15) is 8.42 Å². The number of sulfone groups is 1. The highest BCUT2D eigenvalue weighted by Crippen LogP contribution is 2.21. The highest BCUT2D eigenvalue weighted by Gasteiger charge is 2.28. The fourth-order valence-electron chi connectivity index (χ4n) is 2.79. The molecule has 2 aromatic rings. The summed E-state index contributed by atoms with van der Waals surface area (Å²) in [6.07, 6.45) is 0.858. The molecule has 1 aromatic carbocycles. The molecule has 0 radical (unpaired) electrons. The lowest BCUT2D eigenvalue weighted by Gasteiger charge is -2.19. The summed E-state index contributed by atoms with van der Waals surface area (Å²) >= 11 is 0. The Morgan fingerprint density at radius 1 is 1.15 bits per heavy atom. The van der Waals surface area contributed by atoms with Crippen LogP contribution in [0.1, 0.15) is 32.0 Å². The first kappa shape index (κ1) is 20.3. The van der Waals surface area contributed by atoms with Crippen LogP contribution in [-0.4, -0.2) is 50.0 Å². The van der Waals surface area contributed by atoms with Crippen LogP contribution in [0.3, 0.4) is 0 Å².